The van der Waals surface area contributed by atoms with Crippen LogP contribution in [0.5, 0.6) is 0 Å². The molecule has 0 radical (unpaired) electrons. The summed E-state index contributed by atoms with van der Waals surface area (Å²) in [6.45, 7) is 3.58. The van der Waals surface area contributed by atoms with E-state index in [4.69, 9.17) is 0 Å². The Hall–Kier alpha value is -0.125. The van der Waals surface area contributed by atoms with Crippen LogP contribution in [0, 0.1) is 0 Å². The molecule has 0 spiro atoms. The normalized spacial score (nSPS) is 20.5. The van der Waals surface area contributed by atoms with Gasteiger partial charge in [-0.05, 0) is 0 Å². The van der Waals surface area contributed by atoms with Gasteiger partial charge in [-0.1, -0.05) is 0 Å². The van der Waals surface area contributed by atoms with Crippen molar-refractivity contribution in [3.05, 3.63) is 0 Å². The van der Waals surface area contributed by atoms with Crippen LogP contribution >= 0.6 is 0 Å². The standard InChI is InChI=1S/2C5H8NO.Hg/c2*7-5-6-3-1-2-4-6;/h2*1-4H2;. The minimum atomic E-state index is -2.01. The predicted molar refractivity (Wildman–Crippen MR) is 52.4 cm³/mol. The van der Waals surface area contributed by atoms with Gasteiger partial charge in [0.15, 0.2) is 0 Å². The summed E-state index contributed by atoms with van der Waals surface area (Å²) in [4.78, 5) is 27.4. The second-order valence-corrected chi connectivity index (χ2v) is 10.4. The molecule has 0 aliphatic carbocycles. The summed E-state index contributed by atoms with van der Waals surface area (Å²) >= 11 is -2.01. The number of amides is 2. The SMILES string of the molecule is O=[C]([Hg][C](=O)N1CCCC1)N1CCCC1. The van der Waals surface area contributed by atoms with E-state index in [1.807, 2.05) is 9.80 Å². The molecular formula is C10H16HgN2O2. The van der Waals surface area contributed by atoms with Gasteiger partial charge in [0.05, 0.1) is 0 Å². The van der Waals surface area contributed by atoms with Crippen molar-refractivity contribution in [2.45, 2.75) is 25.7 Å². The molecule has 0 aromatic carbocycles. The van der Waals surface area contributed by atoms with E-state index in [-0.39, 0.29) is 6.83 Å². The van der Waals surface area contributed by atoms with Gasteiger partial charge in [-0.3, -0.25) is 0 Å². The summed E-state index contributed by atoms with van der Waals surface area (Å²) in [5.74, 6) is 0. The van der Waals surface area contributed by atoms with Gasteiger partial charge in [0.1, 0.15) is 0 Å². The third-order valence-corrected chi connectivity index (χ3v) is 9.05. The van der Waals surface area contributed by atoms with E-state index >= 15 is 0 Å². The van der Waals surface area contributed by atoms with Gasteiger partial charge in [-0.15, -0.1) is 0 Å². The molecule has 2 aliphatic heterocycles. The molecule has 2 aliphatic rings. The molecule has 2 amide bonds. The van der Waals surface area contributed by atoms with Crippen LogP contribution in [0.3, 0.4) is 0 Å². The van der Waals surface area contributed by atoms with Crippen molar-refractivity contribution in [1.82, 2.24) is 9.80 Å². The Kier molecular flexibility index (Phi) is 4.00. The number of hydrogen-bond acceptors (Lipinski definition) is 2. The van der Waals surface area contributed by atoms with Gasteiger partial charge in [-0.2, -0.15) is 0 Å². The molecule has 0 atom stereocenters. The molecule has 0 unspecified atom stereocenters. The number of carbonyl (C=O) groups is 2. The molecule has 2 heterocycles. The molecule has 80 valence electrons. The summed E-state index contributed by atoms with van der Waals surface area (Å²) in [7, 11) is 0. The first-order chi connectivity index (χ1) is 7.27. The summed E-state index contributed by atoms with van der Waals surface area (Å²) in [5.41, 5.74) is 0. The Labute approximate surface area is 102 Å². The fraction of sp³-hybridized carbons (Fsp3) is 0.800. The minimum absolute atomic E-state index is 0.240. The zero-order valence-electron chi connectivity index (χ0n) is 9.07. The van der Waals surface area contributed by atoms with Gasteiger partial charge in [0.2, 0.25) is 0 Å². The number of nitrogens with zero attached hydrogens (tertiary/aromatic N) is 2. The fourth-order valence-corrected chi connectivity index (χ4v) is 7.49. The van der Waals surface area contributed by atoms with Gasteiger partial charge in [0, 0.05) is 0 Å². The molecule has 0 saturated carbocycles. The van der Waals surface area contributed by atoms with E-state index in [2.05, 4.69) is 0 Å². The summed E-state index contributed by atoms with van der Waals surface area (Å²) in [6.07, 6.45) is 4.49. The van der Waals surface area contributed by atoms with Crippen molar-refractivity contribution >= 4 is 6.83 Å². The van der Waals surface area contributed by atoms with E-state index in [1.165, 1.54) is 0 Å². The Morgan fingerprint density at radius 3 is 1.40 bits per heavy atom. The zero-order chi connectivity index (χ0) is 10.7. The van der Waals surface area contributed by atoms with Crippen molar-refractivity contribution < 1.29 is 34.2 Å². The maximum atomic E-state index is 11.8. The van der Waals surface area contributed by atoms with Crippen molar-refractivity contribution in [3.63, 3.8) is 0 Å². The Bertz CT molecular complexity index is 232. The van der Waals surface area contributed by atoms with E-state index < -0.39 is 24.6 Å². The average molecular weight is 397 g/mol. The Morgan fingerprint density at radius 2 is 1.07 bits per heavy atom. The Balaban J connectivity index is 1.79. The predicted octanol–water partition coefficient (Wildman–Crippen LogP) is 1.50. The summed E-state index contributed by atoms with van der Waals surface area (Å²) in [6, 6.07) is 0. The number of carbonyl (C=O) groups excluding carboxylic acids is 2. The topological polar surface area (TPSA) is 40.6 Å². The van der Waals surface area contributed by atoms with Crippen LogP contribution in [0.2, 0.25) is 0 Å². The first-order valence-corrected chi connectivity index (χ1v) is 11.3. The molecule has 0 bridgehead atoms. The molecule has 0 aromatic rings. The maximum absolute atomic E-state index is 11.8. The van der Waals surface area contributed by atoms with Gasteiger partial charge in [-0.25, -0.2) is 0 Å². The van der Waals surface area contributed by atoms with E-state index in [1.54, 1.807) is 0 Å². The molecule has 4 nitrogen and oxygen atoms in total. The average Bonchev–Trinajstić information content (AvgIpc) is 2.91. The quantitative estimate of drug-likeness (QED) is 0.664. The van der Waals surface area contributed by atoms with Crippen LogP contribution in [0.1, 0.15) is 25.7 Å². The summed E-state index contributed by atoms with van der Waals surface area (Å²) in [5, 5.41) is 0. The molecule has 15 heavy (non-hydrogen) atoms. The van der Waals surface area contributed by atoms with Gasteiger partial charge in [0.25, 0.3) is 0 Å². The zero-order valence-corrected chi connectivity index (χ0v) is 14.6. The Morgan fingerprint density at radius 1 is 0.733 bits per heavy atom. The number of rotatable bonds is 2. The molecule has 0 aromatic heterocycles. The third-order valence-electron chi connectivity index (χ3n) is 3.22. The van der Waals surface area contributed by atoms with Crippen LogP contribution in [0.25, 0.3) is 0 Å². The number of likely N-dealkylation sites (tertiary alicyclic amines) is 2. The number of hydrogen-bond donors (Lipinski definition) is 0. The molecule has 0 N–H and O–H groups in total. The van der Waals surface area contributed by atoms with Gasteiger partial charge < -0.3 is 0 Å². The molecule has 5 heteroatoms. The van der Waals surface area contributed by atoms with E-state index in [9.17, 15) is 9.59 Å². The monoisotopic (exact) mass is 398 g/mol. The molecular weight excluding hydrogens is 381 g/mol. The van der Waals surface area contributed by atoms with Crippen LogP contribution in [0.4, 0.5) is 9.59 Å². The summed E-state index contributed by atoms with van der Waals surface area (Å²) < 4.78 is 0.480. The van der Waals surface area contributed by atoms with Crippen molar-refractivity contribution in [2.24, 2.45) is 0 Å². The molecule has 2 rings (SSSR count). The third kappa shape index (κ3) is 2.92. The van der Waals surface area contributed by atoms with Crippen LogP contribution in [-0.4, -0.2) is 42.8 Å². The second kappa shape index (κ2) is 5.28. The van der Waals surface area contributed by atoms with Gasteiger partial charge >= 0.3 is 103 Å². The molecule has 2 saturated heterocycles. The van der Waals surface area contributed by atoms with Crippen LogP contribution in [0.15, 0.2) is 0 Å². The van der Waals surface area contributed by atoms with Crippen LogP contribution in [-0.2, 0) is 24.6 Å². The first kappa shape index (κ1) is 11.4. The van der Waals surface area contributed by atoms with Crippen molar-refractivity contribution in [1.29, 1.82) is 0 Å². The van der Waals surface area contributed by atoms with Crippen molar-refractivity contribution in [3.8, 4) is 0 Å². The van der Waals surface area contributed by atoms with Crippen molar-refractivity contribution in [2.75, 3.05) is 26.2 Å². The van der Waals surface area contributed by atoms with Crippen LogP contribution < -0.4 is 0 Å². The van der Waals surface area contributed by atoms with E-state index in [0.29, 0.717) is 0 Å². The van der Waals surface area contributed by atoms with E-state index in [0.717, 1.165) is 51.9 Å². The first-order valence-electron chi connectivity index (χ1n) is 5.83. The fourth-order valence-electron chi connectivity index (χ4n) is 2.29. The molecule has 2 fully saturated rings. The second-order valence-electron chi connectivity index (χ2n) is 4.35.